The van der Waals surface area contributed by atoms with Gasteiger partial charge in [0.1, 0.15) is 0 Å². The van der Waals surface area contributed by atoms with Gasteiger partial charge in [0.15, 0.2) is 11.2 Å². The summed E-state index contributed by atoms with van der Waals surface area (Å²) in [4.78, 5) is 32.2. The minimum atomic E-state index is -0.377. The molecule has 0 bridgehead atoms. The lowest BCUT2D eigenvalue weighted by molar-refractivity contribution is 0.315. The van der Waals surface area contributed by atoms with Crippen LogP contribution in [0, 0.1) is 6.92 Å². The quantitative estimate of drug-likeness (QED) is 0.623. The molecule has 0 aliphatic rings. The first-order chi connectivity index (χ1) is 13.9. The van der Waals surface area contributed by atoms with Gasteiger partial charge < -0.3 is 10.2 Å². The van der Waals surface area contributed by atoms with E-state index in [1.807, 2.05) is 29.7 Å². The lowest BCUT2D eigenvalue weighted by Gasteiger charge is -2.18. The SMILES string of the molecule is CCN(CC)CCNc1nc2c(c(=O)n(C)c(=O)n2C)n1Cc1cccc(C)c1. The number of aryl methyl sites for hydroxylation is 2. The van der Waals surface area contributed by atoms with Crippen molar-refractivity contribution in [3.05, 3.63) is 56.2 Å². The number of anilines is 1. The number of benzene rings is 1. The van der Waals surface area contributed by atoms with Crippen LogP contribution in [0.3, 0.4) is 0 Å². The van der Waals surface area contributed by atoms with Crippen molar-refractivity contribution in [1.82, 2.24) is 23.6 Å². The van der Waals surface area contributed by atoms with Crippen LogP contribution in [0.4, 0.5) is 5.95 Å². The Labute approximate surface area is 170 Å². The Morgan fingerprint density at radius 2 is 1.83 bits per heavy atom. The van der Waals surface area contributed by atoms with Gasteiger partial charge in [-0.1, -0.05) is 43.7 Å². The molecule has 0 atom stereocenters. The Balaban J connectivity index is 2.08. The minimum absolute atomic E-state index is 0.333. The van der Waals surface area contributed by atoms with Crippen molar-refractivity contribution in [2.75, 3.05) is 31.5 Å². The third-order valence-electron chi connectivity index (χ3n) is 5.38. The van der Waals surface area contributed by atoms with E-state index in [0.717, 1.165) is 35.3 Å². The molecule has 3 aromatic rings. The number of fused-ring (bicyclic) bond motifs is 1. The van der Waals surface area contributed by atoms with Gasteiger partial charge in [0.05, 0.1) is 6.54 Å². The van der Waals surface area contributed by atoms with E-state index in [0.29, 0.717) is 30.2 Å². The van der Waals surface area contributed by atoms with Gasteiger partial charge in [-0.2, -0.15) is 4.98 Å². The van der Waals surface area contributed by atoms with E-state index in [4.69, 9.17) is 0 Å². The number of hydrogen-bond donors (Lipinski definition) is 1. The Hall–Kier alpha value is -2.87. The van der Waals surface area contributed by atoms with Crippen molar-refractivity contribution in [3.8, 4) is 0 Å². The molecule has 2 heterocycles. The third kappa shape index (κ3) is 4.12. The summed E-state index contributed by atoms with van der Waals surface area (Å²) >= 11 is 0. The zero-order valence-electron chi connectivity index (χ0n) is 17.9. The summed E-state index contributed by atoms with van der Waals surface area (Å²) in [5.41, 5.74) is 2.35. The fourth-order valence-electron chi connectivity index (χ4n) is 3.59. The molecule has 0 spiro atoms. The minimum Gasteiger partial charge on any atom is -0.354 e. The van der Waals surface area contributed by atoms with E-state index in [-0.39, 0.29) is 11.2 Å². The molecule has 0 saturated heterocycles. The van der Waals surface area contributed by atoms with E-state index in [1.165, 1.54) is 11.6 Å². The molecule has 0 amide bonds. The van der Waals surface area contributed by atoms with Gasteiger partial charge in [-0.05, 0) is 25.6 Å². The van der Waals surface area contributed by atoms with E-state index in [2.05, 4.69) is 35.1 Å². The van der Waals surface area contributed by atoms with Crippen LogP contribution in [0.5, 0.6) is 0 Å². The summed E-state index contributed by atoms with van der Waals surface area (Å²) in [6, 6.07) is 8.18. The van der Waals surface area contributed by atoms with Crippen LogP contribution in [0.2, 0.25) is 0 Å². The smallest absolute Gasteiger partial charge is 0.332 e. The molecule has 1 aromatic carbocycles. The Bertz CT molecular complexity index is 1120. The fourth-order valence-corrected chi connectivity index (χ4v) is 3.59. The molecule has 0 fully saturated rings. The summed E-state index contributed by atoms with van der Waals surface area (Å²) < 4.78 is 4.45. The second kappa shape index (κ2) is 8.65. The van der Waals surface area contributed by atoms with Gasteiger partial charge in [-0.15, -0.1) is 0 Å². The third-order valence-corrected chi connectivity index (χ3v) is 5.38. The van der Waals surface area contributed by atoms with Crippen molar-refractivity contribution in [2.45, 2.75) is 27.3 Å². The number of nitrogens with one attached hydrogen (secondary N) is 1. The van der Waals surface area contributed by atoms with Gasteiger partial charge in [0.25, 0.3) is 5.56 Å². The highest BCUT2D eigenvalue weighted by Gasteiger charge is 2.19. The highest BCUT2D eigenvalue weighted by Crippen LogP contribution is 2.18. The Kier molecular flexibility index (Phi) is 6.22. The molecular weight excluding hydrogens is 368 g/mol. The molecule has 156 valence electrons. The average Bonchev–Trinajstić information content (AvgIpc) is 3.06. The number of nitrogens with zero attached hydrogens (tertiary/aromatic N) is 5. The van der Waals surface area contributed by atoms with Crippen LogP contribution >= 0.6 is 0 Å². The molecular formula is C21H30N6O2. The first kappa shape index (κ1) is 20.9. The summed E-state index contributed by atoms with van der Waals surface area (Å²) in [6.45, 7) is 10.3. The summed E-state index contributed by atoms with van der Waals surface area (Å²) in [6.07, 6.45) is 0. The normalized spacial score (nSPS) is 11.5. The topological polar surface area (TPSA) is 77.1 Å². The number of rotatable bonds is 8. The fraction of sp³-hybridized carbons (Fsp3) is 0.476. The molecule has 0 aliphatic heterocycles. The van der Waals surface area contributed by atoms with E-state index >= 15 is 0 Å². The maximum absolute atomic E-state index is 12.9. The number of imidazole rings is 1. The predicted octanol–water partition coefficient (Wildman–Crippen LogP) is 1.54. The second-order valence-electron chi connectivity index (χ2n) is 7.34. The molecule has 8 nitrogen and oxygen atoms in total. The zero-order valence-corrected chi connectivity index (χ0v) is 17.9. The Morgan fingerprint density at radius 1 is 1.10 bits per heavy atom. The summed E-state index contributed by atoms with van der Waals surface area (Å²) in [5.74, 6) is 0.604. The summed E-state index contributed by atoms with van der Waals surface area (Å²) in [7, 11) is 3.15. The maximum atomic E-state index is 12.9. The first-order valence-electron chi connectivity index (χ1n) is 10.0. The molecule has 0 radical (unpaired) electrons. The molecule has 29 heavy (non-hydrogen) atoms. The Morgan fingerprint density at radius 3 is 2.48 bits per heavy atom. The van der Waals surface area contributed by atoms with Crippen molar-refractivity contribution in [2.24, 2.45) is 14.1 Å². The van der Waals surface area contributed by atoms with E-state index in [1.54, 1.807) is 7.05 Å². The highest BCUT2D eigenvalue weighted by molar-refractivity contribution is 5.74. The maximum Gasteiger partial charge on any atom is 0.332 e. The van der Waals surface area contributed by atoms with Crippen molar-refractivity contribution in [1.29, 1.82) is 0 Å². The van der Waals surface area contributed by atoms with Crippen LogP contribution in [-0.4, -0.2) is 49.8 Å². The summed E-state index contributed by atoms with van der Waals surface area (Å²) in [5, 5.41) is 3.38. The molecule has 0 saturated carbocycles. The van der Waals surface area contributed by atoms with E-state index in [9.17, 15) is 9.59 Å². The van der Waals surface area contributed by atoms with Gasteiger partial charge in [-0.3, -0.25) is 18.5 Å². The molecule has 1 N–H and O–H groups in total. The van der Waals surface area contributed by atoms with Crippen LogP contribution in [-0.2, 0) is 20.6 Å². The standard InChI is InChI=1S/C21H30N6O2/c1-6-26(7-2)12-11-22-20-23-18-17(19(28)25(5)21(29)24(18)4)27(20)14-16-10-8-9-15(3)13-16/h8-10,13H,6-7,11-12,14H2,1-5H3,(H,22,23). The highest BCUT2D eigenvalue weighted by atomic mass is 16.2. The number of aromatic nitrogens is 4. The second-order valence-corrected chi connectivity index (χ2v) is 7.34. The van der Waals surface area contributed by atoms with Crippen LogP contribution in [0.1, 0.15) is 25.0 Å². The van der Waals surface area contributed by atoms with Crippen molar-refractivity contribution >= 4 is 17.1 Å². The largest absolute Gasteiger partial charge is 0.354 e. The molecule has 0 unspecified atom stereocenters. The van der Waals surface area contributed by atoms with Crippen LogP contribution in [0.15, 0.2) is 33.9 Å². The molecule has 8 heteroatoms. The van der Waals surface area contributed by atoms with Crippen LogP contribution in [0.25, 0.3) is 11.2 Å². The van der Waals surface area contributed by atoms with Gasteiger partial charge in [0.2, 0.25) is 5.95 Å². The van der Waals surface area contributed by atoms with Crippen molar-refractivity contribution < 1.29 is 0 Å². The first-order valence-corrected chi connectivity index (χ1v) is 10.0. The lowest BCUT2D eigenvalue weighted by atomic mass is 10.1. The van der Waals surface area contributed by atoms with Crippen molar-refractivity contribution in [3.63, 3.8) is 0 Å². The molecule has 3 rings (SSSR count). The average molecular weight is 399 g/mol. The van der Waals surface area contributed by atoms with E-state index < -0.39 is 0 Å². The monoisotopic (exact) mass is 398 g/mol. The van der Waals surface area contributed by atoms with Gasteiger partial charge in [-0.25, -0.2) is 4.79 Å². The van der Waals surface area contributed by atoms with Crippen LogP contribution < -0.4 is 16.6 Å². The predicted molar refractivity (Wildman–Crippen MR) is 117 cm³/mol. The number of hydrogen-bond acceptors (Lipinski definition) is 5. The molecule has 0 aliphatic carbocycles. The zero-order chi connectivity index (χ0) is 21.1. The lowest BCUT2D eigenvalue weighted by Crippen LogP contribution is -2.37. The van der Waals surface area contributed by atoms with Gasteiger partial charge >= 0.3 is 5.69 Å². The number of likely N-dealkylation sites (N-methyl/N-ethyl adjacent to an activating group) is 1. The molecule has 2 aromatic heterocycles. The van der Waals surface area contributed by atoms with Gasteiger partial charge in [0, 0.05) is 27.2 Å².